The normalized spacial score (nSPS) is 10.8. The lowest BCUT2D eigenvalue weighted by Crippen LogP contribution is -2.06. The number of aromatic amines is 1. The summed E-state index contributed by atoms with van der Waals surface area (Å²) in [5.74, 6) is -0.416. The molecule has 90 valence electrons. The van der Waals surface area contributed by atoms with Crippen LogP contribution in [-0.4, -0.2) is 29.8 Å². The molecule has 0 saturated carbocycles. The topological polar surface area (TPSA) is 62.3 Å². The van der Waals surface area contributed by atoms with Gasteiger partial charge in [0.2, 0.25) is 0 Å². The Morgan fingerprint density at radius 1 is 1.53 bits per heavy atom. The van der Waals surface area contributed by atoms with E-state index in [4.69, 9.17) is 9.84 Å². The minimum absolute atomic E-state index is 0.0105. The van der Waals surface area contributed by atoms with Crippen LogP contribution in [0.2, 0.25) is 0 Å². The molecule has 2 N–H and O–H groups in total. The number of methoxy groups -OCH3 is 1. The number of rotatable bonds is 3. The van der Waals surface area contributed by atoms with Crippen molar-refractivity contribution in [3.63, 3.8) is 0 Å². The maximum atomic E-state index is 11.6. The molecule has 0 atom stereocenters. The Labute approximate surface area is 107 Å². The van der Waals surface area contributed by atoms with Gasteiger partial charge in [-0.15, -0.1) is 0 Å². The maximum Gasteiger partial charge on any atom is 0.354 e. The number of aliphatic hydroxyl groups is 1. The third-order valence-electron chi connectivity index (χ3n) is 2.62. The van der Waals surface area contributed by atoms with Gasteiger partial charge in [-0.2, -0.15) is 0 Å². The Morgan fingerprint density at radius 2 is 2.29 bits per heavy atom. The van der Waals surface area contributed by atoms with Gasteiger partial charge in [0.15, 0.2) is 0 Å². The van der Waals surface area contributed by atoms with E-state index in [9.17, 15) is 4.79 Å². The van der Waals surface area contributed by atoms with E-state index in [1.54, 1.807) is 0 Å². The third kappa shape index (κ3) is 2.21. The molecule has 0 unspecified atom stereocenters. The van der Waals surface area contributed by atoms with Gasteiger partial charge in [0.1, 0.15) is 5.69 Å². The quantitative estimate of drug-likeness (QED) is 0.854. The van der Waals surface area contributed by atoms with Gasteiger partial charge < -0.3 is 14.8 Å². The van der Waals surface area contributed by atoms with Crippen LogP contribution in [0.1, 0.15) is 16.1 Å². The van der Waals surface area contributed by atoms with Crippen molar-refractivity contribution in [3.8, 4) is 0 Å². The fraction of sp³-hybridized carbons (Fsp3) is 0.250. The molecule has 0 saturated heterocycles. The molecule has 0 radical (unpaired) electrons. The number of aromatic nitrogens is 1. The van der Waals surface area contributed by atoms with Crippen molar-refractivity contribution in [1.82, 2.24) is 4.98 Å². The van der Waals surface area contributed by atoms with Crippen molar-refractivity contribution in [2.45, 2.75) is 6.42 Å². The molecule has 2 rings (SSSR count). The Hall–Kier alpha value is -1.33. The summed E-state index contributed by atoms with van der Waals surface area (Å²) in [7, 11) is 1.34. The highest BCUT2D eigenvalue weighted by molar-refractivity contribution is 9.10. The van der Waals surface area contributed by atoms with Crippen molar-refractivity contribution in [2.75, 3.05) is 13.7 Å². The highest BCUT2D eigenvalue weighted by Gasteiger charge is 2.17. The zero-order chi connectivity index (χ0) is 12.4. The number of ether oxygens (including phenoxy) is 1. The summed E-state index contributed by atoms with van der Waals surface area (Å²) >= 11 is 3.39. The summed E-state index contributed by atoms with van der Waals surface area (Å²) < 4.78 is 5.65. The van der Waals surface area contributed by atoms with Crippen LogP contribution in [0.25, 0.3) is 10.9 Å². The average molecular weight is 298 g/mol. The van der Waals surface area contributed by atoms with E-state index in [2.05, 4.69) is 20.9 Å². The van der Waals surface area contributed by atoms with Gasteiger partial charge in [-0.05, 0) is 30.2 Å². The van der Waals surface area contributed by atoms with Gasteiger partial charge in [0, 0.05) is 22.0 Å². The summed E-state index contributed by atoms with van der Waals surface area (Å²) in [6.45, 7) is -0.0105. The number of halogens is 1. The van der Waals surface area contributed by atoms with Crippen molar-refractivity contribution >= 4 is 32.8 Å². The number of esters is 1. The van der Waals surface area contributed by atoms with E-state index in [0.29, 0.717) is 12.1 Å². The number of nitrogens with one attached hydrogen (secondary N) is 1. The molecule has 1 heterocycles. The van der Waals surface area contributed by atoms with Crippen LogP contribution in [0.3, 0.4) is 0 Å². The van der Waals surface area contributed by atoms with Crippen LogP contribution in [-0.2, 0) is 11.2 Å². The predicted octanol–water partition coefficient (Wildman–Crippen LogP) is 2.25. The largest absolute Gasteiger partial charge is 0.464 e. The molecular weight excluding hydrogens is 286 g/mol. The lowest BCUT2D eigenvalue weighted by molar-refractivity contribution is 0.0593. The first-order valence-corrected chi connectivity index (χ1v) is 5.96. The predicted molar refractivity (Wildman–Crippen MR) is 68.1 cm³/mol. The van der Waals surface area contributed by atoms with E-state index in [0.717, 1.165) is 20.9 Å². The molecule has 1 aromatic carbocycles. The number of carbonyl (C=O) groups is 1. The Kier molecular flexibility index (Phi) is 3.49. The summed E-state index contributed by atoms with van der Waals surface area (Å²) in [6.07, 6.45) is 0.418. The number of benzene rings is 1. The zero-order valence-electron chi connectivity index (χ0n) is 9.29. The second-order valence-electron chi connectivity index (χ2n) is 3.63. The van der Waals surface area contributed by atoms with Gasteiger partial charge >= 0.3 is 5.97 Å². The van der Waals surface area contributed by atoms with Gasteiger partial charge in [-0.3, -0.25) is 0 Å². The van der Waals surface area contributed by atoms with Crippen LogP contribution in [0.15, 0.2) is 22.7 Å². The van der Waals surface area contributed by atoms with E-state index in [1.807, 2.05) is 18.2 Å². The highest BCUT2D eigenvalue weighted by atomic mass is 79.9. The summed E-state index contributed by atoms with van der Waals surface area (Å²) in [4.78, 5) is 14.6. The first-order chi connectivity index (χ1) is 8.17. The molecule has 0 aliphatic carbocycles. The lowest BCUT2D eigenvalue weighted by Gasteiger charge is -2.01. The summed E-state index contributed by atoms with van der Waals surface area (Å²) in [5.41, 5.74) is 2.06. The van der Waals surface area contributed by atoms with Crippen LogP contribution in [0.4, 0.5) is 0 Å². The van der Waals surface area contributed by atoms with Crippen molar-refractivity contribution in [2.24, 2.45) is 0 Å². The molecule has 2 aromatic rings. The Bertz CT molecular complexity index is 562. The first kappa shape index (κ1) is 12.1. The maximum absolute atomic E-state index is 11.6. The molecular formula is C12H12BrNO3. The van der Waals surface area contributed by atoms with E-state index < -0.39 is 5.97 Å². The molecule has 0 spiro atoms. The molecule has 0 fully saturated rings. The van der Waals surface area contributed by atoms with Crippen LogP contribution in [0, 0.1) is 0 Å². The minimum atomic E-state index is -0.416. The van der Waals surface area contributed by atoms with E-state index in [1.165, 1.54) is 7.11 Å². The number of hydrogen-bond acceptors (Lipinski definition) is 3. The molecule has 17 heavy (non-hydrogen) atoms. The van der Waals surface area contributed by atoms with Crippen molar-refractivity contribution in [3.05, 3.63) is 33.9 Å². The molecule has 5 heteroatoms. The molecule has 0 aliphatic rings. The van der Waals surface area contributed by atoms with Crippen molar-refractivity contribution < 1.29 is 14.6 Å². The number of H-pyrrole nitrogens is 1. The summed E-state index contributed by atoms with van der Waals surface area (Å²) in [6, 6.07) is 5.69. The monoisotopic (exact) mass is 297 g/mol. The molecule has 4 nitrogen and oxygen atoms in total. The highest BCUT2D eigenvalue weighted by Crippen LogP contribution is 2.26. The summed E-state index contributed by atoms with van der Waals surface area (Å²) in [5, 5.41) is 9.99. The smallest absolute Gasteiger partial charge is 0.354 e. The lowest BCUT2D eigenvalue weighted by atomic mass is 10.1. The van der Waals surface area contributed by atoms with Gasteiger partial charge in [-0.25, -0.2) is 4.79 Å². The zero-order valence-corrected chi connectivity index (χ0v) is 10.9. The number of carbonyl (C=O) groups excluding carboxylic acids is 1. The Balaban J connectivity index is 2.66. The minimum Gasteiger partial charge on any atom is -0.464 e. The van der Waals surface area contributed by atoms with E-state index >= 15 is 0 Å². The van der Waals surface area contributed by atoms with Crippen molar-refractivity contribution in [1.29, 1.82) is 0 Å². The third-order valence-corrected chi connectivity index (χ3v) is 3.11. The van der Waals surface area contributed by atoms with Gasteiger partial charge in [0.05, 0.1) is 7.11 Å². The second kappa shape index (κ2) is 4.89. The fourth-order valence-corrected chi connectivity index (χ4v) is 2.23. The number of aliphatic hydroxyl groups excluding tert-OH is 1. The van der Waals surface area contributed by atoms with Crippen LogP contribution in [0.5, 0.6) is 0 Å². The van der Waals surface area contributed by atoms with Crippen LogP contribution < -0.4 is 0 Å². The standard InChI is InChI=1S/C12H12BrNO3/c1-17-12(16)11-8(4-5-15)9-6-7(13)2-3-10(9)14-11/h2-3,6,14-15H,4-5H2,1H3. The molecule has 1 aromatic heterocycles. The second-order valence-corrected chi connectivity index (χ2v) is 4.55. The van der Waals surface area contributed by atoms with Gasteiger partial charge in [0.25, 0.3) is 0 Å². The SMILES string of the molecule is COC(=O)c1[nH]c2ccc(Br)cc2c1CCO. The van der Waals surface area contributed by atoms with E-state index in [-0.39, 0.29) is 6.61 Å². The molecule has 0 aliphatic heterocycles. The fourth-order valence-electron chi connectivity index (χ4n) is 1.87. The molecule has 0 amide bonds. The van der Waals surface area contributed by atoms with Crippen LogP contribution >= 0.6 is 15.9 Å². The Morgan fingerprint density at radius 3 is 2.94 bits per heavy atom. The molecule has 0 bridgehead atoms. The first-order valence-electron chi connectivity index (χ1n) is 5.16. The number of hydrogen-bond donors (Lipinski definition) is 2. The van der Waals surface area contributed by atoms with Gasteiger partial charge in [-0.1, -0.05) is 15.9 Å². The number of fused-ring (bicyclic) bond motifs is 1. The average Bonchev–Trinajstić information content (AvgIpc) is 2.67.